The molecule has 2 nitrogen and oxygen atoms in total. The minimum atomic E-state index is 0. The summed E-state index contributed by atoms with van der Waals surface area (Å²) < 4.78 is 0. The van der Waals surface area contributed by atoms with Crippen LogP contribution < -0.4 is 5.32 Å². The summed E-state index contributed by atoms with van der Waals surface area (Å²) in [6.45, 7) is 2.15. The van der Waals surface area contributed by atoms with Crippen LogP contribution in [0.2, 0.25) is 0 Å². The maximum atomic E-state index is 10.1. The van der Waals surface area contributed by atoms with Gasteiger partial charge in [-0.2, -0.15) is 12.6 Å². The Morgan fingerprint density at radius 2 is 2.25 bits per heavy atom. The average Bonchev–Trinajstić information content (AvgIpc) is 1.61. The molecule has 0 rings (SSSR count). The van der Waals surface area contributed by atoms with Crippen LogP contribution in [0.4, 0.5) is 0 Å². The molecule has 0 saturated carbocycles. The van der Waals surface area contributed by atoms with E-state index in [9.17, 15) is 4.79 Å². The fourth-order valence-electron chi connectivity index (χ4n) is 0.232. The molecule has 0 unspecified atom stereocenters. The van der Waals surface area contributed by atoms with E-state index in [4.69, 9.17) is 0 Å². The van der Waals surface area contributed by atoms with Crippen LogP contribution in [0.15, 0.2) is 0 Å². The van der Waals surface area contributed by atoms with E-state index in [1.165, 1.54) is 6.92 Å². The molecule has 0 spiro atoms. The molecule has 0 atom stereocenters. The van der Waals surface area contributed by atoms with Gasteiger partial charge in [0.1, 0.15) is 0 Å². The molecule has 0 aliphatic heterocycles. The molecule has 0 aromatic rings. The Labute approximate surface area is 70.3 Å². The summed E-state index contributed by atoms with van der Waals surface area (Å²) in [6.07, 6.45) is 0. The Morgan fingerprint density at radius 3 is 2.38 bits per heavy atom. The predicted octanol–water partition coefficient (Wildman–Crippen LogP) is 0.0498. The van der Waals surface area contributed by atoms with E-state index in [1.54, 1.807) is 0 Å². The zero-order chi connectivity index (χ0) is 5.70. The van der Waals surface area contributed by atoms with Crippen LogP contribution in [0.25, 0.3) is 0 Å². The van der Waals surface area contributed by atoms with Crippen molar-refractivity contribution < 1.29 is 27.2 Å². The molecule has 0 aromatic carbocycles. The molecular weight excluding hydrogens is 218 g/mol. The second kappa shape index (κ2) is 7.56. The van der Waals surface area contributed by atoms with Crippen molar-refractivity contribution in [1.82, 2.24) is 5.32 Å². The second-order valence-corrected chi connectivity index (χ2v) is 1.65. The molecule has 1 amide bonds. The first-order valence-corrected chi connectivity index (χ1v) is 2.76. The normalized spacial score (nSPS) is 7.25. The number of hydrogen-bond acceptors (Lipinski definition) is 2. The van der Waals surface area contributed by atoms with Gasteiger partial charge in [-0.05, 0) is 0 Å². The molecule has 0 radical (unpaired) electrons. The fourth-order valence-corrected chi connectivity index (χ4v) is 0.344. The minimum absolute atomic E-state index is 0. The van der Waals surface area contributed by atoms with Crippen molar-refractivity contribution in [2.24, 2.45) is 0 Å². The predicted molar refractivity (Wildman–Crippen MR) is 32.5 cm³/mol. The van der Waals surface area contributed by atoms with Gasteiger partial charge in [0.05, 0.1) is 0 Å². The van der Waals surface area contributed by atoms with Gasteiger partial charge in [-0.25, -0.2) is 0 Å². The van der Waals surface area contributed by atoms with Crippen molar-refractivity contribution in [2.45, 2.75) is 6.92 Å². The van der Waals surface area contributed by atoms with Gasteiger partial charge >= 0.3 is 22.4 Å². The van der Waals surface area contributed by atoms with E-state index in [-0.39, 0.29) is 28.3 Å². The molecule has 0 bridgehead atoms. The Kier molecular flexibility index (Phi) is 10.7. The molecular formula is C4H9AgNOS+. The summed E-state index contributed by atoms with van der Waals surface area (Å²) in [5.74, 6) is 0.716. The molecule has 0 aromatic heterocycles. The quantitative estimate of drug-likeness (QED) is 0.506. The second-order valence-electron chi connectivity index (χ2n) is 1.21. The van der Waals surface area contributed by atoms with E-state index in [0.29, 0.717) is 12.3 Å². The average molecular weight is 227 g/mol. The first-order valence-electron chi connectivity index (χ1n) is 2.12. The summed E-state index contributed by atoms with van der Waals surface area (Å²) in [4.78, 5) is 10.1. The smallest absolute Gasteiger partial charge is 0.356 e. The van der Waals surface area contributed by atoms with E-state index in [2.05, 4.69) is 17.9 Å². The van der Waals surface area contributed by atoms with Crippen LogP contribution in [0.1, 0.15) is 6.92 Å². The van der Waals surface area contributed by atoms with Crippen LogP contribution in [0.5, 0.6) is 0 Å². The number of carbonyl (C=O) groups is 1. The van der Waals surface area contributed by atoms with Crippen LogP contribution in [0, 0.1) is 0 Å². The third kappa shape index (κ3) is 9.75. The van der Waals surface area contributed by atoms with Gasteiger partial charge in [-0.1, -0.05) is 0 Å². The molecule has 1 N–H and O–H groups in total. The first-order chi connectivity index (χ1) is 3.27. The van der Waals surface area contributed by atoms with Crippen molar-refractivity contribution >= 4 is 18.5 Å². The van der Waals surface area contributed by atoms with E-state index >= 15 is 0 Å². The molecule has 0 aliphatic rings. The third-order valence-corrected chi connectivity index (χ3v) is 0.709. The zero-order valence-electron chi connectivity index (χ0n) is 4.57. The summed E-state index contributed by atoms with van der Waals surface area (Å²) in [5, 5.41) is 2.58. The Bertz CT molecular complexity index is 69.1. The van der Waals surface area contributed by atoms with Gasteiger partial charge in [0.15, 0.2) is 0 Å². The fraction of sp³-hybridized carbons (Fsp3) is 0.750. The van der Waals surface area contributed by atoms with Crippen molar-refractivity contribution in [1.29, 1.82) is 0 Å². The maximum absolute atomic E-state index is 10.1. The van der Waals surface area contributed by atoms with Crippen molar-refractivity contribution in [3.8, 4) is 0 Å². The number of hydrogen-bond donors (Lipinski definition) is 2. The Hall–Kier alpha value is 0.560. The molecule has 0 heterocycles. The summed E-state index contributed by atoms with van der Waals surface area (Å²) in [6, 6.07) is 0. The van der Waals surface area contributed by atoms with Crippen molar-refractivity contribution in [3.05, 3.63) is 0 Å². The number of amides is 1. The summed E-state index contributed by atoms with van der Waals surface area (Å²) in [7, 11) is 0. The summed E-state index contributed by atoms with van der Waals surface area (Å²) >= 11 is 3.88. The monoisotopic (exact) mass is 226 g/mol. The van der Waals surface area contributed by atoms with Crippen molar-refractivity contribution in [2.75, 3.05) is 12.3 Å². The van der Waals surface area contributed by atoms with Crippen LogP contribution in [-0.4, -0.2) is 18.2 Å². The molecule has 4 heteroatoms. The largest absolute Gasteiger partial charge is 1.00 e. The third-order valence-electron chi connectivity index (χ3n) is 0.486. The van der Waals surface area contributed by atoms with Crippen LogP contribution in [0.3, 0.4) is 0 Å². The van der Waals surface area contributed by atoms with Gasteiger partial charge in [0, 0.05) is 19.2 Å². The molecule has 0 aliphatic carbocycles. The summed E-state index contributed by atoms with van der Waals surface area (Å²) in [5.41, 5.74) is 0. The van der Waals surface area contributed by atoms with Crippen LogP contribution in [-0.2, 0) is 27.2 Å². The Balaban J connectivity index is 0. The topological polar surface area (TPSA) is 29.1 Å². The number of rotatable bonds is 2. The maximum Gasteiger partial charge on any atom is 1.00 e. The van der Waals surface area contributed by atoms with E-state index in [0.717, 1.165) is 0 Å². The van der Waals surface area contributed by atoms with Gasteiger partial charge in [0.2, 0.25) is 5.91 Å². The Morgan fingerprint density at radius 1 is 1.75 bits per heavy atom. The number of thiol groups is 1. The molecule has 0 fully saturated rings. The van der Waals surface area contributed by atoms with Gasteiger partial charge in [0.25, 0.3) is 0 Å². The zero-order valence-corrected chi connectivity index (χ0v) is 6.95. The molecule has 52 valence electrons. The SMILES string of the molecule is CC(=O)NCCS.[Ag+]. The molecule has 0 saturated heterocycles. The van der Waals surface area contributed by atoms with Gasteiger partial charge in [-0.15, -0.1) is 0 Å². The van der Waals surface area contributed by atoms with E-state index < -0.39 is 0 Å². The first kappa shape index (κ1) is 11.4. The van der Waals surface area contributed by atoms with E-state index in [1.807, 2.05) is 0 Å². The minimum Gasteiger partial charge on any atom is -0.356 e. The van der Waals surface area contributed by atoms with Gasteiger partial charge in [-0.3, -0.25) is 4.79 Å². The van der Waals surface area contributed by atoms with Crippen molar-refractivity contribution in [3.63, 3.8) is 0 Å². The standard InChI is InChI=1S/C4H9NOS.Ag/c1-4(6)5-2-3-7;/h7H,2-3H2,1H3,(H,5,6);/q;+1. The molecule has 8 heavy (non-hydrogen) atoms. The number of nitrogens with one attached hydrogen (secondary N) is 1. The number of carbonyl (C=O) groups excluding carboxylic acids is 1. The van der Waals surface area contributed by atoms with Crippen LogP contribution >= 0.6 is 12.6 Å². The van der Waals surface area contributed by atoms with Gasteiger partial charge < -0.3 is 5.32 Å².